The third kappa shape index (κ3) is 3.33. The molecule has 2 fully saturated rings. The predicted molar refractivity (Wildman–Crippen MR) is 123 cm³/mol. The summed E-state index contributed by atoms with van der Waals surface area (Å²) in [6.07, 6.45) is -0.0117. The van der Waals surface area contributed by atoms with Gasteiger partial charge in [-0.3, -0.25) is 24.0 Å². The number of carbonyl (C=O) groups excluding carboxylic acids is 5. The molecule has 5 rings (SSSR count). The lowest BCUT2D eigenvalue weighted by Gasteiger charge is -2.52. The fraction of sp³-hybridized carbons (Fsp3) is 0.462. The largest absolute Gasteiger partial charge is 0.507 e. The average Bonchev–Trinajstić information content (AvgIpc) is 3.30. The lowest BCUT2D eigenvalue weighted by atomic mass is 9.50. The van der Waals surface area contributed by atoms with Crippen LogP contribution in [0, 0.1) is 23.7 Å². The van der Waals surface area contributed by atoms with Gasteiger partial charge in [0.25, 0.3) is 0 Å². The molecule has 2 aromatic rings. The summed E-state index contributed by atoms with van der Waals surface area (Å²) in [5.74, 6) is -12.8. The van der Waals surface area contributed by atoms with E-state index in [2.05, 4.69) is 4.98 Å². The lowest BCUT2D eigenvalue weighted by Crippen LogP contribution is -2.72. The highest BCUT2D eigenvalue weighted by atomic mass is 16.3. The Hall–Kier alpha value is -3.70. The molecule has 1 aromatic carbocycles. The number of aliphatic hydroxyl groups is 2. The lowest BCUT2D eigenvalue weighted by molar-refractivity contribution is -0.189. The van der Waals surface area contributed by atoms with Crippen molar-refractivity contribution in [3.05, 3.63) is 46.7 Å². The molecule has 0 saturated heterocycles. The number of primary amides is 1. The molecule has 37 heavy (non-hydrogen) atoms. The number of rotatable bonds is 4. The van der Waals surface area contributed by atoms with Crippen LogP contribution in [0.4, 0.5) is 0 Å². The average molecular weight is 510 g/mol. The second-order valence-corrected chi connectivity index (χ2v) is 10.1. The zero-order valence-electron chi connectivity index (χ0n) is 20.1. The summed E-state index contributed by atoms with van der Waals surface area (Å²) in [4.78, 5) is 69.0. The topological polar surface area (TPSA) is 198 Å². The van der Waals surface area contributed by atoms with E-state index in [1.54, 1.807) is 19.1 Å². The number of phenolic OH excluding ortho intramolecular Hbond substituents is 1. The number of benzene rings is 1. The first-order valence-electron chi connectivity index (χ1n) is 12.1. The number of nitrogens with two attached hydrogens (primary N) is 1. The van der Waals surface area contributed by atoms with Gasteiger partial charge in [-0.05, 0) is 17.9 Å². The molecule has 0 bridgehead atoms. The fourth-order valence-electron chi connectivity index (χ4n) is 6.30. The van der Waals surface area contributed by atoms with Crippen LogP contribution in [0.15, 0.2) is 22.8 Å². The molecule has 3 aliphatic rings. The van der Waals surface area contributed by atoms with Crippen molar-refractivity contribution >= 4 is 29.0 Å². The highest BCUT2D eigenvalue weighted by Gasteiger charge is 2.69. The normalized spacial score (nSPS) is 33.1. The number of phenols is 1. The molecule has 1 heterocycles. The number of aryl methyl sites for hydroxylation is 1. The van der Waals surface area contributed by atoms with Gasteiger partial charge < -0.3 is 25.5 Å². The number of aromatic nitrogens is 1. The van der Waals surface area contributed by atoms with Crippen molar-refractivity contribution in [1.29, 1.82) is 0 Å². The van der Waals surface area contributed by atoms with Gasteiger partial charge in [-0.25, -0.2) is 4.98 Å². The van der Waals surface area contributed by atoms with Crippen LogP contribution in [0.5, 0.6) is 5.75 Å². The van der Waals surface area contributed by atoms with Crippen LogP contribution >= 0.6 is 0 Å². The molecule has 11 nitrogen and oxygen atoms in total. The first-order chi connectivity index (χ1) is 17.4. The number of hydrogen-bond donors (Lipinski definition) is 4. The Labute approximate surface area is 210 Å². The second kappa shape index (κ2) is 8.42. The van der Waals surface area contributed by atoms with Gasteiger partial charge in [-0.1, -0.05) is 26.0 Å². The van der Waals surface area contributed by atoms with Crippen molar-refractivity contribution in [2.24, 2.45) is 29.4 Å². The Bertz CT molecular complexity index is 1380. The SMILES string of the molecule is CCc1coc(Cc2ccc3c(c2O)C(=O)C2C(=O)C4(O)C(=O)C(C(N)=O)C(=O)CC4C(O)C2C3C)n1. The summed E-state index contributed by atoms with van der Waals surface area (Å²) in [7, 11) is 0. The number of amides is 1. The van der Waals surface area contributed by atoms with Crippen molar-refractivity contribution in [2.75, 3.05) is 0 Å². The van der Waals surface area contributed by atoms with Gasteiger partial charge in [0.2, 0.25) is 5.91 Å². The van der Waals surface area contributed by atoms with Gasteiger partial charge in [-0.15, -0.1) is 0 Å². The Morgan fingerprint density at radius 1 is 1.22 bits per heavy atom. The van der Waals surface area contributed by atoms with Crippen LogP contribution < -0.4 is 5.73 Å². The van der Waals surface area contributed by atoms with Crippen molar-refractivity contribution in [1.82, 2.24) is 4.98 Å². The van der Waals surface area contributed by atoms with E-state index >= 15 is 0 Å². The fourth-order valence-corrected chi connectivity index (χ4v) is 6.30. The molecule has 1 aromatic heterocycles. The van der Waals surface area contributed by atoms with Crippen molar-refractivity contribution in [3.8, 4) is 5.75 Å². The van der Waals surface area contributed by atoms with Crippen molar-refractivity contribution < 1.29 is 43.7 Å². The highest BCUT2D eigenvalue weighted by Crippen LogP contribution is 2.54. The molecule has 0 radical (unpaired) electrons. The zero-order valence-corrected chi connectivity index (χ0v) is 20.1. The van der Waals surface area contributed by atoms with Gasteiger partial charge in [0, 0.05) is 23.8 Å². The maximum atomic E-state index is 13.7. The van der Waals surface area contributed by atoms with E-state index in [1.165, 1.54) is 6.26 Å². The molecular weight excluding hydrogens is 484 g/mol. The van der Waals surface area contributed by atoms with Crippen LogP contribution in [0.3, 0.4) is 0 Å². The summed E-state index contributed by atoms with van der Waals surface area (Å²) in [5.41, 5.74) is 3.51. The maximum Gasteiger partial charge on any atom is 0.235 e. The third-order valence-electron chi connectivity index (χ3n) is 8.25. The van der Waals surface area contributed by atoms with Gasteiger partial charge in [0.1, 0.15) is 12.0 Å². The van der Waals surface area contributed by atoms with E-state index in [9.17, 15) is 39.3 Å². The molecule has 7 atom stereocenters. The summed E-state index contributed by atoms with van der Waals surface area (Å²) in [6, 6.07) is 3.22. The number of carbonyl (C=O) groups is 5. The number of fused-ring (bicyclic) bond motifs is 3. The molecule has 0 spiro atoms. The minimum absolute atomic E-state index is 0.0678. The summed E-state index contributed by atoms with van der Waals surface area (Å²) in [5, 5.41) is 33.6. The smallest absolute Gasteiger partial charge is 0.235 e. The molecule has 7 unspecified atom stereocenters. The van der Waals surface area contributed by atoms with Crippen LogP contribution in [-0.4, -0.2) is 61.0 Å². The number of ketones is 4. The highest BCUT2D eigenvalue weighted by molar-refractivity contribution is 6.31. The van der Waals surface area contributed by atoms with E-state index < -0.39 is 76.8 Å². The van der Waals surface area contributed by atoms with Crippen molar-refractivity contribution in [3.63, 3.8) is 0 Å². The number of oxazole rings is 1. The summed E-state index contributed by atoms with van der Waals surface area (Å²) < 4.78 is 5.42. The monoisotopic (exact) mass is 510 g/mol. The first-order valence-corrected chi connectivity index (χ1v) is 12.1. The standard InChI is InChI=1S/C26H26N2O9/c1-3-11-8-37-15(28-11)6-10-4-5-12-9(2)16-19(22(32)17(12)20(10)30)24(34)26(36)13(21(16)31)7-14(29)18(23(26)33)25(27)35/h4-5,8-9,13,16,18-19,21,30-31,36H,3,6-7H2,1-2H3,(H2,27,35). The van der Waals surface area contributed by atoms with Crippen molar-refractivity contribution in [2.45, 2.75) is 50.7 Å². The maximum absolute atomic E-state index is 13.7. The first kappa shape index (κ1) is 25.0. The van der Waals surface area contributed by atoms with E-state index in [0.717, 1.165) is 5.69 Å². The number of Topliss-reactive ketones (excluding diaryl/α,β-unsaturated/α-hetero) is 4. The van der Waals surface area contributed by atoms with Crippen LogP contribution in [0.25, 0.3) is 0 Å². The molecule has 11 heteroatoms. The molecule has 5 N–H and O–H groups in total. The second-order valence-electron chi connectivity index (χ2n) is 10.1. The Morgan fingerprint density at radius 2 is 1.92 bits per heavy atom. The van der Waals surface area contributed by atoms with E-state index in [0.29, 0.717) is 23.4 Å². The van der Waals surface area contributed by atoms with Gasteiger partial charge in [0.05, 0.1) is 29.7 Å². The number of nitrogens with zero attached hydrogens (tertiary/aromatic N) is 1. The Kier molecular flexibility index (Phi) is 5.68. The Balaban J connectivity index is 1.59. The zero-order chi connectivity index (χ0) is 27.0. The minimum atomic E-state index is -2.94. The summed E-state index contributed by atoms with van der Waals surface area (Å²) >= 11 is 0. The van der Waals surface area contributed by atoms with Gasteiger partial charge >= 0.3 is 0 Å². The molecule has 1 amide bonds. The number of hydrogen-bond acceptors (Lipinski definition) is 10. The van der Waals surface area contributed by atoms with Crippen LogP contribution in [0.2, 0.25) is 0 Å². The molecule has 2 saturated carbocycles. The molecule has 0 aliphatic heterocycles. The van der Waals surface area contributed by atoms with Crippen LogP contribution in [0.1, 0.15) is 59.3 Å². The third-order valence-corrected chi connectivity index (χ3v) is 8.25. The van der Waals surface area contributed by atoms with Crippen LogP contribution in [-0.2, 0) is 32.0 Å². The molecule has 3 aliphatic carbocycles. The van der Waals surface area contributed by atoms with Gasteiger partial charge in [-0.2, -0.15) is 0 Å². The molecule has 194 valence electrons. The summed E-state index contributed by atoms with van der Waals surface area (Å²) in [6.45, 7) is 3.56. The van der Waals surface area contributed by atoms with E-state index in [-0.39, 0.29) is 17.7 Å². The number of aromatic hydroxyl groups is 1. The van der Waals surface area contributed by atoms with Gasteiger partial charge in [0.15, 0.2) is 40.5 Å². The van der Waals surface area contributed by atoms with E-state index in [4.69, 9.17) is 10.2 Å². The predicted octanol–water partition coefficient (Wildman–Crippen LogP) is -0.000100. The Morgan fingerprint density at radius 3 is 2.54 bits per heavy atom. The molecular formula is C26H26N2O9. The minimum Gasteiger partial charge on any atom is -0.507 e. The number of aliphatic hydroxyl groups excluding tert-OH is 1. The van der Waals surface area contributed by atoms with E-state index in [1.807, 2.05) is 6.92 Å². The quantitative estimate of drug-likeness (QED) is 0.406.